The van der Waals surface area contributed by atoms with E-state index in [1.54, 1.807) is 0 Å². The number of nitrogens with one attached hydrogen (secondary N) is 1. The number of nitrogen functional groups attached to an aromatic ring is 1. The van der Waals surface area contributed by atoms with E-state index in [9.17, 15) is 29.4 Å². The second-order valence-corrected chi connectivity index (χ2v) is 7.35. The number of aromatic nitrogens is 1. The van der Waals surface area contributed by atoms with Crippen LogP contribution in [-0.2, 0) is 24.0 Å². The molecule has 2 amide bonds. The van der Waals surface area contributed by atoms with Crippen molar-refractivity contribution in [1.29, 1.82) is 0 Å². The summed E-state index contributed by atoms with van der Waals surface area (Å²) in [6, 6.07) is -1.08. The van der Waals surface area contributed by atoms with Crippen molar-refractivity contribution >= 4 is 45.9 Å². The number of carboxylic acids is 2. The third-order valence-corrected chi connectivity index (χ3v) is 5.29. The molecule has 30 heavy (non-hydrogen) atoms. The first-order valence-corrected chi connectivity index (χ1v) is 9.45. The highest BCUT2D eigenvalue weighted by atomic mass is 32.1. The molecular formula is C16H18N6O7S. The van der Waals surface area contributed by atoms with Crippen molar-refractivity contribution in [3.05, 3.63) is 22.3 Å². The number of nitrogens with two attached hydrogens (primary N) is 1. The molecule has 2 aliphatic heterocycles. The van der Waals surface area contributed by atoms with Crippen LogP contribution in [0, 0.1) is 5.92 Å². The van der Waals surface area contributed by atoms with Crippen molar-refractivity contribution in [2.45, 2.75) is 13.0 Å². The van der Waals surface area contributed by atoms with Crippen LogP contribution >= 0.6 is 11.3 Å². The minimum Gasteiger partial charge on any atom is -0.481 e. The Morgan fingerprint density at radius 3 is 2.67 bits per heavy atom. The van der Waals surface area contributed by atoms with Gasteiger partial charge in [-0.3, -0.25) is 14.4 Å². The highest BCUT2D eigenvalue weighted by Gasteiger charge is 2.49. The number of nitrogens with zero attached hydrogens (tertiary/aromatic N) is 4. The van der Waals surface area contributed by atoms with E-state index in [0.717, 1.165) is 16.3 Å². The Balaban J connectivity index is 1.82. The molecular weight excluding hydrogens is 420 g/mol. The van der Waals surface area contributed by atoms with Gasteiger partial charge in [-0.2, -0.15) is 0 Å². The Hall–Kier alpha value is -3.52. The van der Waals surface area contributed by atoms with Crippen LogP contribution in [0.5, 0.6) is 0 Å². The highest BCUT2D eigenvalue weighted by Crippen LogP contribution is 2.33. The van der Waals surface area contributed by atoms with E-state index in [2.05, 4.69) is 20.3 Å². The van der Waals surface area contributed by atoms with Gasteiger partial charge in [0.05, 0.1) is 5.92 Å². The average molecular weight is 438 g/mol. The van der Waals surface area contributed by atoms with Gasteiger partial charge in [-0.05, 0) is 12.5 Å². The van der Waals surface area contributed by atoms with Crippen LogP contribution in [0.25, 0.3) is 0 Å². The lowest BCUT2D eigenvalue weighted by molar-refractivity contribution is -0.143. The molecule has 3 rings (SSSR count). The Kier molecular flexibility index (Phi) is 5.71. The van der Waals surface area contributed by atoms with Crippen LogP contribution in [0.15, 0.2) is 21.8 Å². The third-order valence-electron chi connectivity index (χ3n) is 4.62. The summed E-state index contributed by atoms with van der Waals surface area (Å²) >= 11 is 1.09. The van der Waals surface area contributed by atoms with E-state index in [1.165, 1.54) is 24.4 Å². The number of aliphatic carboxylic acids is 2. The highest BCUT2D eigenvalue weighted by molar-refractivity contribution is 7.13. The number of carboxylic acid groups (broad SMARTS) is 2. The number of hydrogen-bond acceptors (Lipinski definition) is 10. The first-order valence-electron chi connectivity index (χ1n) is 8.57. The molecule has 1 aromatic heterocycles. The summed E-state index contributed by atoms with van der Waals surface area (Å²) in [7, 11) is 1.24. The van der Waals surface area contributed by atoms with Gasteiger partial charge < -0.3 is 26.1 Å². The van der Waals surface area contributed by atoms with Gasteiger partial charge in [-0.1, -0.05) is 5.16 Å². The van der Waals surface area contributed by atoms with Crippen LogP contribution < -0.4 is 11.1 Å². The summed E-state index contributed by atoms with van der Waals surface area (Å²) in [5.74, 6) is -5.18. The normalized spacial score (nSPS) is 20.3. The second kappa shape index (κ2) is 8.08. The molecule has 0 bridgehead atoms. The maximum absolute atomic E-state index is 12.8. The molecule has 1 saturated heterocycles. The van der Waals surface area contributed by atoms with Gasteiger partial charge in [0.15, 0.2) is 10.8 Å². The zero-order valence-electron chi connectivity index (χ0n) is 15.9. The largest absolute Gasteiger partial charge is 0.481 e. The van der Waals surface area contributed by atoms with Gasteiger partial charge in [0.2, 0.25) is 0 Å². The fourth-order valence-corrected chi connectivity index (χ4v) is 3.74. The monoisotopic (exact) mass is 438 g/mol. The third kappa shape index (κ3) is 3.69. The molecule has 1 aromatic rings. The number of anilines is 1. The van der Waals surface area contributed by atoms with Gasteiger partial charge >= 0.3 is 11.9 Å². The van der Waals surface area contributed by atoms with Gasteiger partial charge in [-0.25, -0.2) is 19.8 Å². The number of hydrogen-bond donors (Lipinski definition) is 4. The number of rotatable bonds is 7. The van der Waals surface area contributed by atoms with Crippen molar-refractivity contribution in [2.24, 2.45) is 11.1 Å². The van der Waals surface area contributed by atoms with Crippen molar-refractivity contribution in [2.75, 3.05) is 25.9 Å². The zero-order chi connectivity index (χ0) is 22.2. The minimum atomic E-state index is -1.43. The van der Waals surface area contributed by atoms with Gasteiger partial charge in [0, 0.05) is 18.5 Å². The summed E-state index contributed by atoms with van der Waals surface area (Å²) in [4.78, 5) is 57.1. The average Bonchev–Trinajstić information content (AvgIpc) is 3.34. The molecule has 0 spiro atoms. The fourth-order valence-electron chi connectivity index (χ4n) is 3.20. The predicted octanol–water partition coefficient (Wildman–Crippen LogP) is -1.31. The summed E-state index contributed by atoms with van der Waals surface area (Å²) in [5.41, 5.74) is 5.22. The lowest BCUT2D eigenvalue weighted by Gasteiger charge is -2.19. The summed E-state index contributed by atoms with van der Waals surface area (Å²) in [5, 5.41) is 28.9. The van der Waals surface area contributed by atoms with E-state index >= 15 is 0 Å². The van der Waals surface area contributed by atoms with Crippen LogP contribution in [0.2, 0.25) is 0 Å². The molecule has 0 aromatic carbocycles. The van der Waals surface area contributed by atoms with Crippen molar-refractivity contribution in [1.82, 2.24) is 20.3 Å². The number of oxime groups is 1. The summed E-state index contributed by atoms with van der Waals surface area (Å²) in [6.45, 7) is 1.24. The molecule has 1 fully saturated rings. The number of amides is 2. The maximum Gasteiger partial charge on any atom is 0.354 e. The van der Waals surface area contributed by atoms with Crippen LogP contribution in [0.3, 0.4) is 0 Å². The molecule has 13 nitrogen and oxygen atoms in total. The molecule has 2 atom stereocenters. The molecule has 14 heteroatoms. The van der Waals surface area contributed by atoms with Gasteiger partial charge in [0.1, 0.15) is 24.5 Å². The van der Waals surface area contributed by atoms with Gasteiger partial charge in [0.25, 0.3) is 11.8 Å². The van der Waals surface area contributed by atoms with Crippen molar-refractivity contribution in [3.63, 3.8) is 0 Å². The van der Waals surface area contributed by atoms with E-state index in [0.29, 0.717) is 0 Å². The molecule has 160 valence electrons. The Morgan fingerprint density at radius 2 is 2.13 bits per heavy atom. The second-order valence-electron chi connectivity index (χ2n) is 6.46. The van der Waals surface area contributed by atoms with Crippen molar-refractivity contribution < 1.29 is 34.2 Å². The van der Waals surface area contributed by atoms with Crippen LogP contribution in [-0.4, -0.2) is 80.9 Å². The van der Waals surface area contributed by atoms with E-state index < -0.39 is 41.4 Å². The molecule has 3 heterocycles. The standard InChI is InChI=1S/C16H18N6O7S/c1-6(14(25)26)7-3-21-4-8(13(24)22(21)11(7)15(27)28)18-12(23)10(20-29-2)9-5-30-16(17)19-9/h5-6,8H,3-4H2,1-2H3,(H2,17,19)(H,18,23)(H,25,26)(H,27,28)/b20-10-/t6?,8-/m0/s1. The molecule has 1 unspecified atom stereocenters. The predicted molar refractivity (Wildman–Crippen MR) is 102 cm³/mol. The molecule has 2 aliphatic rings. The SMILES string of the molecule is CO/N=C(\C(=O)N[C@H]1CN2CC(C(C)C(=O)O)=C(C(=O)O)N2C1=O)c1csc(N)n1. The number of hydrazine groups is 1. The molecule has 0 radical (unpaired) electrons. The number of thiazole rings is 1. The number of carbonyl (C=O) groups excluding carboxylic acids is 2. The number of carbonyl (C=O) groups is 4. The minimum absolute atomic E-state index is 0.0450. The Morgan fingerprint density at radius 1 is 1.43 bits per heavy atom. The van der Waals surface area contributed by atoms with Gasteiger partial charge in [-0.15, -0.1) is 11.3 Å². The van der Waals surface area contributed by atoms with E-state index in [1.807, 2.05) is 0 Å². The smallest absolute Gasteiger partial charge is 0.354 e. The quantitative estimate of drug-likeness (QED) is 0.294. The lowest BCUT2D eigenvalue weighted by Crippen LogP contribution is -2.46. The zero-order valence-corrected chi connectivity index (χ0v) is 16.7. The molecule has 0 aliphatic carbocycles. The first kappa shape index (κ1) is 21.2. The first-order chi connectivity index (χ1) is 14.1. The summed E-state index contributed by atoms with van der Waals surface area (Å²) in [6.07, 6.45) is 0. The lowest BCUT2D eigenvalue weighted by atomic mass is 9.99. The Bertz CT molecular complexity index is 986. The van der Waals surface area contributed by atoms with Crippen LogP contribution in [0.4, 0.5) is 5.13 Å². The number of fused-ring (bicyclic) bond motifs is 1. The van der Waals surface area contributed by atoms with E-state index in [-0.39, 0.29) is 35.2 Å². The maximum atomic E-state index is 12.8. The van der Waals surface area contributed by atoms with Crippen LogP contribution in [0.1, 0.15) is 12.6 Å². The molecule has 5 N–H and O–H groups in total. The fraction of sp³-hybridized carbons (Fsp3) is 0.375. The Labute approximate surface area is 173 Å². The topological polar surface area (TPSA) is 188 Å². The summed E-state index contributed by atoms with van der Waals surface area (Å²) < 4.78 is 0. The molecule has 0 saturated carbocycles. The van der Waals surface area contributed by atoms with E-state index in [4.69, 9.17) is 5.73 Å². The van der Waals surface area contributed by atoms with Crippen molar-refractivity contribution in [3.8, 4) is 0 Å².